The van der Waals surface area contributed by atoms with Crippen molar-refractivity contribution in [2.75, 3.05) is 10.7 Å². The van der Waals surface area contributed by atoms with Gasteiger partial charge in [-0.3, -0.25) is 0 Å². The molecule has 1 aromatic carbocycles. The van der Waals surface area contributed by atoms with E-state index in [0.717, 1.165) is 15.7 Å². The molecule has 0 aliphatic rings. The number of hydrogen-bond donors (Lipinski definition) is 0. The normalized spacial score (nSPS) is 11.7. The highest BCUT2D eigenvalue weighted by molar-refractivity contribution is 9.13. The third kappa shape index (κ3) is 2.95. The zero-order chi connectivity index (χ0) is 9.90. The van der Waals surface area contributed by atoms with Gasteiger partial charge in [0, 0.05) is 15.7 Å². The van der Waals surface area contributed by atoms with E-state index in [2.05, 4.69) is 53.9 Å². The maximum Gasteiger partial charge on any atom is 0.0699 e. The van der Waals surface area contributed by atoms with Crippen LogP contribution in [0.15, 0.2) is 24.3 Å². The van der Waals surface area contributed by atoms with Gasteiger partial charge in [-0.1, -0.05) is 71.5 Å². The lowest BCUT2D eigenvalue weighted by Gasteiger charge is -2.23. The lowest BCUT2D eigenvalue weighted by Crippen LogP contribution is -2.21. The first-order valence-corrected chi connectivity index (χ1v) is 7.10. The van der Waals surface area contributed by atoms with E-state index in [1.165, 1.54) is 5.56 Å². The Balaban J connectivity index is 3.05. The summed E-state index contributed by atoms with van der Waals surface area (Å²) in [7, 11) is 0. The minimum absolute atomic E-state index is 0.0715. The minimum atomic E-state index is -0.0715. The Morgan fingerprint density at radius 3 is 2.31 bits per heavy atom. The van der Waals surface area contributed by atoms with Gasteiger partial charge in [0.25, 0.3) is 0 Å². The molecule has 1 aromatic rings. The largest absolute Gasteiger partial charge is 0.0909 e. The van der Waals surface area contributed by atoms with Gasteiger partial charge in [-0.2, -0.15) is 0 Å². The van der Waals surface area contributed by atoms with E-state index in [1.807, 2.05) is 18.2 Å². The van der Waals surface area contributed by atoms with Crippen LogP contribution in [0.5, 0.6) is 0 Å². The Labute approximate surface area is 108 Å². The van der Waals surface area contributed by atoms with Gasteiger partial charge in [-0.25, -0.2) is 0 Å². The molecule has 0 saturated heterocycles. The standard InChI is InChI=1S/C9H8Br3Cl/c10-5-9(12,6-11)7-2-1-3-8(13)4-7/h1-4H,5-6H2. The Bertz CT molecular complexity index is 284. The molecule has 0 atom stereocenters. The average molecular weight is 391 g/mol. The molecule has 0 heterocycles. The Hall–Kier alpha value is 0.950. The second-order valence-electron chi connectivity index (χ2n) is 2.74. The first-order chi connectivity index (χ1) is 6.12. The van der Waals surface area contributed by atoms with Gasteiger partial charge in [-0.15, -0.1) is 0 Å². The zero-order valence-electron chi connectivity index (χ0n) is 6.74. The first kappa shape index (κ1) is 12.0. The van der Waals surface area contributed by atoms with Crippen LogP contribution in [0, 0.1) is 0 Å². The summed E-state index contributed by atoms with van der Waals surface area (Å²) >= 11 is 16.5. The monoisotopic (exact) mass is 388 g/mol. The molecule has 0 unspecified atom stereocenters. The topological polar surface area (TPSA) is 0 Å². The van der Waals surface area contributed by atoms with Crippen molar-refractivity contribution in [2.24, 2.45) is 0 Å². The summed E-state index contributed by atoms with van der Waals surface area (Å²) < 4.78 is -0.0715. The molecule has 13 heavy (non-hydrogen) atoms. The van der Waals surface area contributed by atoms with Crippen molar-refractivity contribution in [3.8, 4) is 0 Å². The molecule has 0 aliphatic carbocycles. The SMILES string of the molecule is Clc1cccc(C(Br)(CBr)CBr)c1. The predicted octanol–water partition coefficient (Wildman–Crippen LogP) is 4.72. The molecule has 0 amide bonds. The highest BCUT2D eigenvalue weighted by atomic mass is 79.9. The van der Waals surface area contributed by atoms with E-state index in [-0.39, 0.29) is 4.32 Å². The van der Waals surface area contributed by atoms with E-state index in [1.54, 1.807) is 0 Å². The fourth-order valence-electron chi connectivity index (χ4n) is 0.957. The molecule has 0 aromatic heterocycles. The number of halogens is 4. The van der Waals surface area contributed by atoms with E-state index < -0.39 is 0 Å². The van der Waals surface area contributed by atoms with Crippen LogP contribution in [0.2, 0.25) is 5.02 Å². The highest BCUT2D eigenvalue weighted by Gasteiger charge is 2.26. The number of hydrogen-bond acceptors (Lipinski definition) is 0. The predicted molar refractivity (Wildman–Crippen MR) is 69.6 cm³/mol. The molecule has 0 spiro atoms. The maximum atomic E-state index is 5.91. The summed E-state index contributed by atoms with van der Waals surface area (Å²) in [5, 5.41) is 2.44. The van der Waals surface area contributed by atoms with Crippen LogP contribution >= 0.6 is 59.4 Å². The maximum absolute atomic E-state index is 5.91. The van der Waals surface area contributed by atoms with Gasteiger partial charge in [0.1, 0.15) is 0 Å². The highest BCUT2D eigenvalue weighted by Crippen LogP contribution is 2.36. The minimum Gasteiger partial charge on any atom is -0.0909 e. The summed E-state index contributed by atoms with van der Waals surface area (Å²) in [6.07, 6.45) is 0. The van der Waals surface area contributed by atoms with Gasteiger partial charge >= 0.3 is 0 Å². The fraction of sp³-hybridized carbons (Fsp3) is 0.333. The Morgan fingerprint density at radius 2 is 1.85 bits per heavy atom. The van der Waals surface area contributed by atoms with Crippen molar-refractivity contribution in [3.05, 3.63) is 34.9 Å². The van der Waals surface area contributed by atoms with Gasteiger partial charge in [0.05, 0.1) is 4.32 Å². The molecule has 0 aliphatic heterocycles. The molecule has 0 bridgehead atoms. The molecular formula is C9H8Br3Cl. The van der Waals surface area contributed by atoms with Crippen LogP contribution in [0.3, 0.4) is 0 Å². The van der Waals surface area contributed by atoms with Crippen molar-refractivity contribution < 1.29 is 0 Å². The van der Waals surface area contributed by atoms with Gasteiger partial charge in [-0.05, 0) is 17.7 Å². The molecule has 72 valence electrons. The van der Waals surface area contributed by atoms with E-state index >= 15 is 0 Å². The van der Waals surface area contributed by atoms with Crippen molar-refractivity contribution in [1.29, 1.82) is 0 Å². The van der Waals surface area contributed by atoms with Crippen LogP contribution in [-0.2, 0) is 4.32 Å². The quantitative estimate of drug-likeness (QED) is 0.655. The lowest BCUT2D eigenvalue weighted by molar-refractivity contribution is 0.845. The Morgan fingerprint density at radius 1 is 1.23 bits per heavy atom. The third-order valence-corrected chi connectivity index (χ3v) is 6.44. The van der Waals surface area contributed by atoms with Crippen molar-refractivity contribution in [3.63, 3.8) is 0 Å². The van der Waals surface area contributed by atoms with Crippen molar-refractivity contribution in [2.45, 2.75) is 4.32 Å². The summed E-state index contributed by atoms with van der Waals surface area (Å²) in [5.74, 6) is 0. The second kappa shape index (κ2) is 5.15. The molecular weight excluding hydrogens is 383 g/mol. The molecule has 0 saturated carbocycles. The fourth-order valence-corrected chi connectivity index (χ4v) is 2.97. The first-order valence-electron chi connectivity index (χ1n) is 3.69. The Kier molecular flexibility index (Phi) is 4.76. The summed E-state index contributed by atoms with van der Waals surface area (Å²) in [6, 6.07) is 7.86. The molecule has 4 heteroatoms. The molecule has 1 rings (SSSR count). The summed E-state index contributed by atoms with van der Waals surface area (Å²) in [5.41, 5.74) is 1.17. The van der Waals surface area contributed by atoms with Gasteiger partial charge in [0.15, 0.2) is 0 Å². The van der Waals surface area contributed by atoms with Crippen LogP contribution < -0.4 is 0 Å². The summed E-state index contributed by atoms with van der Waals surface area (Å²) in [6.45, 7) is 0. The van der Waals surface area contributed by atoms with E-state index in [0.29, 0.717) is 0 Å². The summed E-state index contributed by atoms with van der Waals surface area (Å²) in [4.78, 5) is 0. The van der Waals surface area contributed by atoms with Crippen LogP contribution in [0.1, 0.15) is 5.56 Å². The van der Waals surface area contributed by atoms with Crippen molar-refractivity contribution in [1.82, 2.24) is 0 Å². The van der Waals surface area contributed by atoms with Crippen LogP contribution in [0.4, 0.5) is 0 Å². The van der Waals surface area contributed by atoms with Gasteiger partial charge < -0.3 is 0 Å². The smallest absolute Gasteiger partial charge is 0.0699 e. The van der Waals surface area contributed by atoms with Gasteiger partial charge in [0.2, 0.25) is 0 Å². The molecule has 0 nitrogen and oxygen atoms in total. The van der Waals surface area contributed by atoms with Crippen molar-refractivity contribution >= 4 is 59.4 Å². The number of benzene rings is 1. The van der Waals surface area contributed by atoms with E-state index in [9.17, 15) is 0 Å². The average Bonchev–Trinajstić information content (AvgIpc) is 2.17. The molecule has 0 radical (unpaired) electrons. The molecule has 0 N–H and O–H groups in total. The van der Waals surface area contributed by atoms with E-state index in [4.69, 9.17) is 11.6 Å². The van der Waals surface area contributed by atoms with Crippen LogP contribution in [0.25, 0.3) is 0 Å². The second-order valence-corrected chi connectivity index (χ2v) is 5.82. The lowest BCUT2D eigenvalue weighted by atomic mass is 10.0. The zero-order valence-corrected chi connectivity index (χ0v) is 12.2. The number of rotatable bonds is 3. The third-order valence-electron chi connectivity index (χ3n) is 1.77. The number of alkyl halides is 3. The molecule has 0 fully saturated rings. The van der Waals surface area contributed by atoms with Crippen LogP contribution in [-0.4, -0.2) is 10.7 Å².